The molecule has 1 fully saturated rings. The summed E-state index contributed by atoms with van der Waals surface area (Å²) in [6.45, 7) is 9.77. The Labute approximate surface area is 202 Å². The van der Waals surface area contributed by atoms with Gasteiger partial charge in [0.2, 0.25) is 0 Å². The standard InChI is InChI=1S/C22H24N2S.C7H11N/c1-21(2,3)20-23-13-18(24-20)17-9-4-6-14-10-11-15-7-5-8-16-12-22(15,16)25-19(14)17;1-7-3-2-5-8-6-4-7/h4-9,13,16H,10-12H2,1-3H3,(H,23,24);4,6H,2-3,5H2,1H3. The fraction of sp³-hybridized carbons (Fsp3) is 0.448. The van der Waals surface area contributed by atoms with E-state index < -0.39 is 0 Å². The fourth-order valence-electron chi connectivity index (χ4n) is 4.98. The number of rotatable bonds is 1. The second-order valence-electron chi connectivity index (χ2n) is 10.7. The lowest BCUT2D eigenvalue weighted by Gasteiger charge is -2.21. The van der Waals surface area contributed by atoms with Crippen LogP contribution in [0.5, 0.6) is 0 Å². The average Bonchev–Trinajstić information content (AvgIpc) is 3.42. The zero-order valence-electron chi connectivity index (χ0n) is 20.3. The third-order valence-electron chi connectivity index (χ3n) is 7.09. The van der Waals surface area contributed by atoms with E-state index in [4.69, 9.17) is 0 Å². The van der Waals surface area contributed by atoms with Crippen molar-refractivity contribution in [3.63, 3.8) is 0 Å². The Kier molecular flexibility index (Phi) is 5.98. The second kappa shape index (κ2) is 8.79. The Hall–Kier alpha value is -2.33. The van der Waals surface area contributed by atoms with E-state index in [0.717, 1.165) is 30.4 Å². The van der Waals surface area contributed by atoms with Gasteiger partial charge in [0.05, 0.1) is 11.9 Å². The van der Waals surface area contributed by atoms with Gasteiger partial charge in [-0.3, -0.25) is 4.99 Å². The molecule has 6 rings (SSSR count). The lowest BCUT2D eigenvalue weighted by molar-refractivity contribution is 0.553. The first kappa shape index (κ1) is 22.5. The molecule has 0 bridgehead atoms. The van der Waals surface area contributed by atoms with Gasteiger partial charge in [0.15, 0.2) is 0 Å². The molecular formula is C29H35N3S. The minimum Gasteiger partial charge on any atom is -0.342 e. The van der Waals surface area contributed by atoms with Gasteiger partial charge in [-0.1, -0.05) is 68.3 Å². The van der Waals surface area contributed by atoms with Crippen molar-refractivity contribution in [2.24, 2.45) is 10.9 Å². The number of nitrogens with zero attached hydrogens (tertiary/aromatic N) is 2. The van der Waals surface area contributed by atoms with E-state index >= 15 is 0 Å². The summed E-state index contributed by atoms with van der Waals surface area (Å²) in [5, 5.41) is 0. The van der Waals surface area contributed by atoms with E-state index in [1.54, 1.807) is 5.57 Å². The van der Waals surface area contributed by atoms with Gasteiger partial charge in [0, 0.05) is 33.4 Å². The van der Waals surface area contributed by atoms with Crippen molar-refractivity contribution in [2.75, 3.05) is 6.54 Å². The highest BCUT2D eigenvalue weighted by molar-refractivity contribution is 8.01. The smallest absolute Gasteiger partial charge is 0.111 e. The number of aryl methyl sites for hydroxylation is 1. The van der Waals surface area contributed by atoms with Gasteiger partial charge in [-0.2, -0.15) is 0 Å². The molecule has 4 heteroatoms. The molecule has 3 heterocycles. The molecule has 172 valence electrons. The van der Waals surface area contributed by atoms with Crippen LogP contribution in [0.4, 0.5) is 0 Å². The topological polar surface area (TPSA) is 41.0 Å². The van der Waals surface area contributed by atoms with Crippen molar-refractivity contribution in [1.82, 2.24) is 9.97 Å². The van der Waals surface area contributed by atoms with Gasteiger partial charge in [0.25, 0.3) is 0 Å². The van der Waals surface area contributed by atoms with Gasteiger partial charge >= 0.3 is 0 Å². The lowest BCUT2D eigenvalue weighted by atomic mass is 9.96. The Morgan fingerprint density at radius 2 is 2.00 bits per heavy atom. The van der Waals surface area contributed by atoms with Crippen molar-refractivity contribution in [2.45, 2.75) is 74.9 Å². The number of benzene rings is 1. The maximum absolute atomic E-state index is 4.66. The zero-order chi connectivity index (χ0) is 23.1. The van der Waals surface area contributed by atoms with Crippen LogP contribution in [0, 0.1) is 5.92 Å². The normalized spacial score (nSPS) is 25.3. The fourth-order valence-corrected chi connectivity index (χ4v) is 6.72. The molecule has 1 N–H and O–H groups in total. The van der Waals surface area contributed by atoms with Crippen molar-refractivity contribution in [3.8, 4) is 11.3 Å². The summed E-state index contributed by atoms with van der Waals surface area (Å²) >= 11 is 2.11. The van der Waals surface area contributed by atoms with Crippen molar-refractivity contribution >= 4 is 18.0 Å². The van der Waals surface area contributed by atoms with Crippen molar-refractivity contribution in [3.05, 3.63) is 71.2 Å². The molecule has 0 amide bonds. The maximum atomic E-state index is 4.66. The first-order chi connectivity index (χ1) is 15.9. The SMILES string of the molecule is CC(C)(C)c1ncc(-c2cccc3c2SC24CC2C=CC=C4CC3)[nH]1.CC1=CC=NCCC1. The summed E-state index contributed by atoms with van der Waals surface area (Å²) in [4.78, 5) is 13.8. The molecule has 2 atom stereocenters. The Balaban J connectivity index is 0.000000243. The molecule has 4 aliphatic rings. The number of thioether (sulfide) groups is 1. The maximum Gasteiger partial charge on any atom is 0.111 e. The number of hydrogen-bond donors (Lipinski definition) is 1. The van der Waals surface area contributed by atoms with Gasteiger partial charge in [-0.25, -0.2) is 4.98 Å². The summed E-state index contributed by atoms with van der Waals surface area (Å²) < 4.78 is 0.336. The summed E-state index contributed by atoms with van der Waals surface area (Å²) in [5.74, 6) is 1.78. The average molecular weight is 458 g/mol. The number of aromatic nitrogens is 2. The molecule has 1 spiro atoms. The van der Waals surface area contributed by atoms with E-state index in [1.165, 1.54) is 47.3 Å². The molecule has 3 nitrogen and oxygen atoms in total. The van der Waals surface area contributed by atoms with Gasteiger partial charge < -0.3 is 4.98 Å². The lowest BCUT2D eigenvalue weighted by Crippen LogP contribution is -2.13. The first-order valence-electron chi connectivity index (χ1n) is 12.3. The Morgan fingerprint density at radius 3 is 2.82 bits per heavy atom. The van der Waals surface area contributed by atoms with Crippen LogP contribution in [0.3, 0.4) is 0 Å². The van der Waals surface area contributed by atoms with E-state index in [-0.39, 0.29) is 5.41 Å². The van der Waals surface area contributed by atoms with Crippen LogP contribution in [-0.4, -0.2) is 27.5 Å². The minimum absolute atomic E-state index is 0.0431. The van der Waals surface area contributed by atoms with Crippen molar-refractivity contribution < 1.29 is 0 Å². The summed E-state index contributed by atoms with van der Waals surface area (Å²) in [7, 11) is 0. The molecule has 0 radical (unpaired) electrons. The number of aromatic amines is 1. The highest BCUT2D eigenvalue weighted by atomic mass is 32.2. The molecule has 0 saturated heterocycles. The number of H-pyrrole nitrogens is 1. The van der Waals surface area contributed by atoms with Crippen LogP contribution in [0.15, 0.2) is 69.7 Å². The molecule has 1 aromatic carbocycles. The number of aliphatic imine (C=N–C) groups is 1. The summed E-state index contributed by atoms with van der Waals surface area (Å²) in [5.41, 5.74) is 7.10. The van der Waals surface area contributed by atoms with E-state index in [2.05, 4.69) is 96.9 Å². The molecule has 33 heavy (non-hydrogen) atoms. The number of fused-ring (bicyclic) bond motifs is 1. The monoisotopic (exact) mass is 457 g/mol. The van der Waals surface area contributed by atoms with Crippen LogP contribution in [-0.2, 0) is 11.8 Å². The molecule has 1 aromatic heterocycles. The largest absolute Gasteiger partial charge is 0.342 e. The number of hydrogen-bond acceptors (Lipinski definition) is 3. The quantitative estimate of drug-likeness (QED) is 0.483. The number of allylic oxidation sites excluding steroid dienone is 5. The first-order valence-corrected chi connectivity index (χ1v) is 13.1. The summed E-state index contributed by atoms with van der Waals surface area (Å²) in [6, 6.07) is 6.77. The molecule has 1 saturated carbocycles. The predicted molar refractivity (Wildman–Crippen MR) is 141 cm³/mol. The van der Waals surface area contributed by atoms with Gasteiger partial charge in [-0.15, -0.1) is 11.8 Å². The number of nitrogens with one attached hydrogen (secondary N) is 1. The third-order valence-corrected chi connectivity index (χ3v) is 8.87. The van der Waals surface area contributed by atoms with Crippen LogP contribution in [0.2, 0.25) is 0 Å². The molecule has 2 aliphatic heterocycles. The predicted octanol–water partition coefficient (Wildman–Crippen LogP) is 7.46. The van der Waals surface area contributed by atoms with Crippen LogP contribution >= 0.6 is 11.8 Å². The van der Waals surface area contributed by atoms with Crippen LogP contribution in [0.1, 0.15) is 64.8 Å². The van der Waals surface area contributed by atoms with E-state index in [1.807, 2.05) is 12.4 Å². The van der Waals surface area contributed by atoms with Gasteiger partial charge in [0.1, 0.15) is 5.82 Å². The summed E-state index contributed by atoms with van der Waals surface area (Å²) in [6.07, 6.45) is 19.1. The van der Waals surface area contributed by atoms with E-state index in [0.29, 0.717) is 4.75 Å². The third kappa shape index (κ3) is 4.55. The molecular weight excluding hydrogens is 422 g/mol. The molecule has 2 aromatic rings. The molecule has 2 aliphatic carbocycles. The highest BCUT2D eigenvalue weighted by Gasteiger charge is 2.57. The highest BCUT2D eigenvalue weighted by Crippen LogP contribution is 2.66. The second-order valence-corrected chi connectivity index (χ2v) is 12.1. The zero-order valence-corrected chi connectivity index (χ0v) is 21.1. The van der Waals surface area contributed by atoms with E-state index in [9.17, 15) is 0 Å². The Morgan fingerprint density at radius 1 is 1.12 bits per heavy atom. The minimum atomic E-state index is 0.0431. The number of imidazole rings is 1. The molecule has 2 unspecified atom stereocenters. The van der Waals surface area contributed by atoms with Gasteiger partial charge in [-0.05, 0) is 56.6 Å². The van der Waals surface area contributed by atoms with Crippen molar-refractivity contribution in [1.29, 1.82) is 0 Å². The Bertz CT molecular complexity index is 1160. The van der Waals surface area contributed by atoms with Crippen LogP contribution < -0.4 is 0 Å². The van der Waals surface area contributed by atoms with Crippen LogP contribution in [0.25, 0.3) is 11.3 Å².